The fourth-order valence-corrected chi connectivity index (χ4v) is 2.57. The van der Waals surface area contributed by atoms with Crippen molar-refractivity contribution in [1.29, 1.82) is 0 Å². The van der Waals surface area contributed by atoms with Crippen LogP contribution >= 0.6 is 0 Å². The summed E-state index contributed by atoms with van der Waals surface area (Å²) in [6, 6.07) is -0.946. The number of hydrogen-bond donors (Lipinski definition) is 1. The fourth-order valence-electron chi connectivity index (χ4n) is 2.57. The van der Waals surface area contributed by atoms with Gasteiger partial charge in [-0.15, -0.1) is 0 Å². The number of ether oxygens (including phenoxy) is 1. The van der Waals surface area contributed by atoms with Gasteiger partial charge >= 0.3 is 5.97 Å². The molecule has 2 aliphatic heterocycles. The van der Waals surface area contributed by atoms with Crippen LogP contribution in [-0.2, 0) is 19.1 Å². The molecule has 2 rings (SSSR count). The SMILES string of the molecule is O=C(O)C1COCCN1C(=O)CN1CCCCCC1=O. The summed E-state index contributed by atoms with van der Waals surface area (Å²) in [5, 5.41) is 9.11. The number of aliphatic carboxylic acids is 1. The number of hydrogen-bond acceptors (Lipinski definition) is 4. The van der Waals surface area contributed by atoms with E-state index in [2.05, 4.69) is 0 Å². The average Bonchev–Trinajstić information content (AvgIpc) is 2.64. The monoisotopic (exact) mass is 284 g/mol. The Balaban J connectivity index is 1.98. The van der Waals surface area contributed by atoms with Crippen LogP contribution in [0.2, 0.25) is 0 Å². The van der Waals surface area contributed by atoms with Gasteiger partial charge in [-0.25, -0.2) is 4.79 Å². The molecule has 2 heterocycles. The van der Waals surface area contributed by atoms with E-state index in [0.717, 1.165) is 19.3 Å². The summed E-state index contributed by atoms with van der Waals surface area (Å²) >= 11 is 0. The Morgan fingerprint density at radius 2 is 2.05 bits per heavy atom. The molecular formula is C13H20N2O5. The molecule has 0 bridgehead atoms. The second-order valence-corrected chi connectivity index (χ2v) is 5.14. The first-order valence-electron chi connectivity index (χ1n) is 6.97. The number of rotatable bonds is 3. The van der Waals surface area contributed by atoms with Crippen LogP contribution in [0.4, 0.5) is 0 Å². The van der Waals surface area contributed by atoms with Gasteiger partial charge in [0.1, 0.15) is 0 Å². The number of carbonyl (C=O) groups is 3. The number of carbonyl (C=O) groups excluding carboxylic acids is 2. The van der Waals surface area contributed by atoms with Crippen molar-refractivity contribution >= 4 is 17.8 Å². The summed E-state index contributed by atoms with van der Waals surface area (Å²) in [5.74, 6) is -1.40. The molecule has 2 amide bonds. The van der Waals surface area contributed by atoms with Crippen molar-refractivity contribution in [3.8, 4) is 0 Å². The highest BCUT2D eigenvalue weighted by Gasteiger charge is 2.33. The molecule has 2 fully saturated rings. The van der Waals surface area contributed by atoms with Crippen LogP contribution in [-0.4, -0.2) is 71.6 Å². The van der Waals surface area contributed by atoms with Crippen LogP contribution in [0.15, 0.2) is 0 Å². The van der Waals surface area contributed by atoms with E-state index in [1.807, 2.05) is 0 Å². The maximum absolute atomic E-state index is 12.3. The van der Waals surface area contributed by atoms with Crippen molar-refractivity contribution in [2.45, 2.75) is 31.7 Å². The zero-order chi connectivity index (χ0) is 14.5. The van der Waals surface area contributed by atoms with Gasteiger partial charge < -0.3 is 19.6 Å². The van der Waals surface area contributed by atoms with E-state index in [1.54, 1.807) is 4.90 Å². The van der Waals surface area contributed by atoms with Crippen molar-refractivity contribution in [3.05, 3.63) is 0 Å². The van der Waals surface area contributed by atoms with Crippen LogP contribution < -0.4 is 0 Å². The molecule has 0 aromatic carbocycles. The predicted molar refractivity (Wildman–Crippen MR) is 69.0 cm³/mol. The second-order valence-electron chi connectivity index (χ2n) is 5.14. The highest BCUT2D eigenvalue weighted by molar-refractivity contribution is 5.88. The lowest BCUT2D eigenvalue weighted by Crippen LogP contribution is -2.55. The third kappa shape index (κ3) is 3.47. The molecule has 2 saturated heterocycles. The molecule has 112 valence electrons. The Morgan fingerprint density at radius 1 is 1.25 bits per heavy atom. The summed E-state index contributed by atoms with van der Waals surface area (Å²) in [5.41, 5.74) is 0. The number of nitrogens with zero attached hydrogens (tertiary/aromatic N) is 2. The molecule has 20 heavy (non-hydrogen) atoms. The Morgan fingerprint density at radius 3 is 2.80 bits per heavy atom. The van der Waals surface area contributed by atoms with Crippen molar-refractivity contribution in [3.63, 3.8) is 0 Å². The quantitative estimate of drug-likeness (QED) is 0.769. The summed E-state index contributed by atoms with van der Waals surface area (Å²) in [6.07, 6.45) is 3.22. The first-order valence-corrected chi connectivity index (χ1v) is 6.97. The Kier molecular flexibility index (Phi) is 4.94. The molecule has 0 radical (unpaired) electrons. The summed E-state index contributed by atoms with van der Waals surface area (Å²) in [6.45, 7) is 1.16. The molecule has 0 aromatic rings. The number of carboxylic acids is 1. The van der Waals surface area contributed by atoms with Gasteiger partial charge in [0.2, 0.25) is 11.8 Å². The number of amides is 2. The van der Waals surface area contributed by atoms with E-state index >= 15 is 0 Å². The van der Waals surface area contributed by atoms with Crippen molar-refractivity contribution in [2.24, 2.45) is 0 Å². The van der Waals surface area contributed by atoms with Gasteiger partial charge in [-0.3, -0.25) is 9.59 Å². The van der Waals surface area contributed by atoms with Gasteiger partial charge in [0, 0.05) is 19.5 Å². The minimum Gasteiger partial charge on any atom is -0.480 e. The topological polar surface area (TPSA) is 87.2 Å². The smallest absolute Gasteiger partial charge is 0.328 e. The fraction of sp³-hybridized carbons (Fsp3) is 0.769. The van der Waals surface area contributed by atoms with Gasteiger partial charge in [-0.2, -0.15) is 0 Å². The molecule has 2 aliphatic rings. The van der Waals surface area contributed by atoms with Crippen LogP contribution in [0.1, 0.15) is 25.7 Å². The van der Waals surface area contributed by atoms with E-state index < -0.39 is 12.0 Å². The van der Waals surface area contributed by atoms with Gasteiger partial charge in [-0.05, 0) is 12.8 Å². The molecule has 1 N–H and O–H groups in total. The Bertz CT molecular complexity index is 398. The first-order chi connectivity index (χ1) is 9.59. The standard InChI is InChI=1S/C13H20N2O5/c16-11-4-2-1-3-5-14(11)8-12(17)15-6-7-20-9-10(15)13(18)19/h10H,1-9H2,(H,18,19). The molecule has 1 atom stereocenters. The Hall–Kier alpha value is -1.63. The summed E-state index contributed by atoms with van der Waals surface area (Å²) in [7, 11) is 0. The van der Waals surface area contributed by atoms with E-state index in [0.29, 0.717) is 19.6 Å². The molecule has 0 saturated carbocycles. The van der Waals surface area contributed by atoms with E-state index in [1.165, 1.54) is 4.90 Å². The van der Waals surface area contributed by atoms with E-state index in [-0.39, 0.29) is 31.5 Å². The van der Waals surface area contributed by atoms with Crippen molar-refractivity contribution in [2.75, 3.05) is 32.8 Å². The third-order valence-electron chi connectivity index (χ3n) is 3.73. The molecule has 0 aromatic heterocycles. The van der Waals surface area contributed by atoms with Gasteiger partial charge in [0.05, 0.1) is 19.8 Å². The molecule has 7 heteroatoms. The van der Waals surface area contributed by atoms with E-state index in [4.69, 9.17) is 9.84 Å². The number of carboxylic acid groups (broad SMARTS) is 1. The zero-order valence-electron chi connectivity index (χ0n) is 11.4. The van der Waals surface area contributed by atoms with Crippen LogP contribution in [0.5, 0.6) is 0 Å². The molecule has 0 spiro atoms. The van der Waals surface area contributed by atoms with Crippen LogP contribution in [0, 0.1) is 0 Å². The number of morpholine rings is 1. The lowest BCUT2D eigenvalue weighted by molar-refractivity contribution is -0.159. The predicted octanol–water partition coefficient (Wildman–Crippen LogP) is -0.299. The average molecular weight is 284 g/mol. The molecule has 7 nitrogen and oxygen atoms in total. The molecule has 1 unspecified atom stereocenters. The highest BCUT2D eigenvalue weighted by atomic mass is 16.5. The first kappa shape index (κ1) is 14.8. The van der Waals surface area contributed by atoms with Crippen molar-refractivity contribution < 1.29 is 24.2 Å². The second kappa shape index (κ2) is 6.69. The van der Waals surface area contributed by atoms with Gasteiger partial charge in [-0.1, -0.05) is 6.42 Å². The lowest BCUT2D eigenvalue weighted by atomic mass is 10.2. The van der Waals surface area contributed by atoms with Crippen molar-refractivity contribution in [1.82, 2.24) is 9.80 Å². The maximum Gasteiger partial charge on any atom is 0.328 e. The minimum atomic E-state index is -1.07. The van der Waals surface area contributed by atoms with Crippen LogP contribution in [0.25, 0.3) is 0 Å². The minimum absolute atomic E-state index is 0.00895. The van der Waals surface area contributed by atoms with Gasteiger partial charge in [0.25, 0.3) is 0 Å². The molecule has 0 aliphatic carbocycles. The highest BCUT2D eigenvalue weighted by Crippen LogP contribution is 2.13. The summed E-state index contributed by atoms with van der Waals surface area (Å²) in [4.78, 5) is 38.1. The summed E-state index contributed by atoms with van der Waals surface area (Å²) < 4.78 is 5.10. The lowest BCUT2D eigenvalue weighted by Gasteiger charge is -2.34. The third-order valence-corrected chi connectivity index (χ3v) is 3.73. The normalized spacial score (nSPS) is 24.4. The van der Waals surface area contributed by atoms with E-state index in [9.17, 15) is 14.4 Å². The van der Waals surface area contributed by atoms with Crippen LogP contribution in [0.3, 0.4) is 0 Å². The zero-order valence-corrected chi connectivity index (χ0v) is 11.4. The molecular weight excluding hydrogens is 264 g/mol. The number of likely N-dealkylation sites (tertiary alicyclic amines) is 1. The largest absolute Gasteiger partial charge is 0.480 e. The maximum atomic E-state index is 12.3. The Labute approximate surface area is 117 Å². The van der Waals surface area contributed by atoms with Gasteiger partial charge in [0.15, 0.2) is 6.04 Å².